The highest BCUT2D eigenvalue weighted by molar-refractivity contribution is 4.77. The van der Waals surface area contributed by atoms with Crippen molar-refractivity contribution >= 4 is 0 Å². The van der Waals surface area contributed by atoms with Gasteiger partial charge in [-0.25, -0.2) is 22.0 Å². The molecule has 0 aromatic rings. The van der Waals surface area contributed by atoms with Crippen LogP contribution in [-0.2, 0) is 0 Å². The minimum atomic E-state index is -4.05. The SMILES string of the molecule is F[CH]CC(F)C(F)(F)CF. The largest absolute Gasteiger partial charge is 0.306 e. The molecule has 1 radical (unpaired) electrons. The summed E-state index contributed by atoms with van der Waals surface area (Å²) in [6, 6.07) is 0. The molecule has 0 heterocycles. The van der Waals surface area contributed by atoms with Crippen LogP contribution in [0.4, 0.5) is 22.0 Å². The molecule has 0 aliphatic rings. The Morgan fingerprint density at radius 1 is 1.40 bits per heavy atom. The van der Waals surface area contributed by atoms with E-state index in [0.29, 0.717) is 0 Å². The summed E-state index contributed by atoms with van der Waals surface area (Å²) in [5.41, 5.74) is 0. The lowest BCUT2D eigenvalue weighted by molar-refractivity contribution is -0.0889. The van der Waals surface area contributed by atoms with E-state index in [1.807, 2.05) is 0 Å². The van der Waals surface area contributed by atoms with Crippen molar-refractivity contribution in [2.75, 3.05) is 6.67 Å². The highest BCUT2D eigenvalue weighted by atomic mass is 19.3. The van der Waals surface area contributed by atoms with Gasteiger partial charge < -0.3 is 0 Å². The van der Waals surface area contributed by atoms with E-state index in [1.165, 1.54) is 0 Å². The van der Waals surface area contributed by atoms with Crippen molar-refractivity contribution in [3.63, 3.8) is 0 Å². The average Bonchev–Trinajstić information content (AvgIpc) is 1.89. The lowest BCUT2D eigenvalue weighted by Crippen LogP contribution is -2.31. The van der Waals surface area contributed by atoms with Crippen LogP contribution in [0.1, 0.15) is 6.42 Å². The quantitative estimate of drug-likeness (QED) is 0.555. The number of alkyl halides is 4. The molecule has 0 fully saturated rings. The Morgan fingerprint density at radius 2 is 1.90 bits per heavy atom. The molecule has 0 aromatic carbocycles. The fourth-order valence-corrected chi connectivity index (χ4v) is 0.334. The van der Waals surface area contributed by atoms with Crippen molar-refractivity contribution in [2.24, 2.45) is 0 Å². The van der Waals surface area contributed by atoms with Gasteiger partial charge in [0, 0.05) is 6.42 Å². The molecule has 61 valence electrons. The monoisotopic (exact) mass is 161 g/mol. The topological polar surface area (TPSA) is 0 Å². The van der Waals surface area contributed by atoms with Crippen LogP contribution in [0.2, 0.25) is 0 Å². The Kier molecular flexibility index (Phi) is 3.60. The molecule has 10 heavy (non-hydrogen) atoms. The Bertz CT molecular complexity index is 92.0. The minimum Gasteiger partial charge on any atom is -0.244 e. The van der Waals surface area contributed by atoms with E-state index in [-0.39, 0.29) is 6.67 Å². The van der Waals surface area contributed by atoms with Gasteiger partial charge in [-0.1, -0.05) is 0 Å². The Hall–Kier alpha value is -0.350. The maximum Gasteiger partial charge on any atom is 0.306 e. The molecule has 0 aliphatic carbocycles. The molecule has 0 saturated heterocycles. The highest BCUT2D eigenvalue weighted by Gasteiger charge is 2.39. The lowest BCUT2D eigenvalue weighted by atomic mass is 10.2. The number of rotatable bonds is 4. The Morgan fingerprint density at radius 3 is 2.20 bits per heavy atom. The fourth-order valence-electron chi connectivity index (χ4n) is 0.334. The van der Waals surface area contributed by atoms with E-state index < -0.39 is 25.2 Å². The van der Waals surface area contributed by atoms with Crippen molar-refractivity contribution in [2.45, 2.75) is 18.5 Å². The molecular formula is C5H6F5. The zero-order valence-corrected chi connectivity index (χ0v) is 4.96. The molecule has 5 heteroatoms. The summed E-state index contributed by atoms with van der Waals surface area (Å²) in [7, 11) is 0. The lowest BCUT2D eigenvalue weighted by Gasteiger charge is -2.14. The summed E-state index contributed by atoms with van der Waals surface area (Å²) in [6.07, 6.45) is -3.83. The predicted octanol–water partition coefficient (Wildman–Crippen LogP) is 2.45. The molecule has 1 unspecified atom stereocenters. The van der Waals surface area contributed by atoms with Crippen LogP contribution in [0.5, 0.6) is 0 Å². The van der Waals surface area contributed by atoms with Gasteiger partial charge in [0.1, 0.15) is 6.67 Å². The third-order valence-corrected chi connectivity index (χ3v) is 0.932. The summed E-state index contributed by atoms with van der Waals surface area (Å²) in [4.78, 5) is 0. The smallest absolute Gasteiger partial charge is 0.244 e. The fraction of sp³-hybridized carbons (Fsp3) is 0.800. The third kappa shape index (κ3) is 2.49. The number of hydrogen-bond acceptors (Lipinski definition) is 0. The second-order valence-corrected chi connectivity index (χ2v) is 1.75. The van der Waals surface area contributed by atoms with Crippen molar-refractivity contribution in [1.29, 1.82) is 0 Å². The van der Waals surface area contributed by atoms with Gasteiger partial charge in [0.25, 0.3) is 0 Å². The van der Waals surface area contributed by atoms with Crippen LogP contribution in [0, 0.1) is 6.67 Å². The maximum atomic E-state index is 11.9. The van der Waals surface area contributed by atoms with Crippen LogP contribution in [0.15, 0.2) is 0 Å². The molecule has 0 amide bonds. The normalized spacial score (nSPS) is 15.3. The van der Waals surface area contributed by atoms with E-state index >= 15 is 0 Å². The molecule has 0 aliphatic heterocycles. The molecule has 0 rings (SSSR count). The second-order valence-electron chi connectivity index (χ2n) is 1.75. The first kappa shape index (κ1) is 9.65. The van der Waals surface area contributed by atoms with Crippen LogP contribution in [0.25, 0.3) is 0 Å². The maximum absolute atomic E-state index is 11.9. The van der Waals surface area contributed by atoms with Crippen molar-refractivity contribution < 1.29 is 22.0 Å². The molecule has 0 spiro atoms. The Labute approximate surface area is 55.0 Å². The van der Waals surface area contributed by atoms with Gasteiger partial charge in [-0.2, -0.15) is 0 Å². The minimum absolute atomic E-state index is 0.256. The summed E-state index contributed by atoms with van der Waals surface area (Å²) < 4.78 is 57.8. The summed E-state index contributed by atoms with van der Waals surface area (Å²) in [5.74, 6) is -4.05. The van der Waals surface area contributed by atoms with Gasteiger partial charge in [0.2, 0.25) is 0 Å². The summed E-state index contributed by atoms with van der Waals surface area (Å²) in [6.45, 7) is -2.35. The van der Waals surface area contributed by atoms with E-state index in [0.717, 1.165) is 0 Å². The second kappa shape index (κ2) is 3.73. The van der Waals surface area contributed by atoms with Gasteiger partial charge in [-0.05, 0) is 0 Å². The van der Waals surface area contributed by atoms with Crippen molar-refractivity contribution in [3.8, 4) is 0 Å². The van der Waals surface area contributed by atoms with E-state index in [1.54, 1.807) is 0 Å². The highest BCUT2D eigenvalue weighted by Crippen LogP contribution is 2.25. The van der Waals surface area contributed by atoms with Gasteiger partial charge in [-0.3, -0.25) is 0 Å². The van der Waals surface area contributed by atoms with Crippen LogP contribution < -0.4 is 0 Å². The van der Waals surface area contributed by atoms with Crippen LogP contribution >= 0.6 is 0 Å². The van der Waals surface area contributed by atoms with Gasteiger partial charge >= 0.3 is 5.92 Å². The molecule has 1 atom stereocenters. The Balaban J connectivity index is 3.78. The summed E-state index contributed by atoms with van der Waals surface area (Å²) in [5, 5.41) is 0. The van der Waals surface area contributed by atoms with Crippen molar-refractivity contribution in [1.82, 2.24) is 0 Å². The first-order chi connectivity index (χ1) is 4.54. The first-order valence-electron chi connectivity index (χ1n) is 2.54. The van der Waals surface area contributed by atoms with Gasteiger partial charge in [-0.15, -0.1) is 0 Å². The standard InChI is InChI=1S/C5H6F5/c6-2-1-4(8)5(9,10)3-7/h2,4H,1,3H2. The zero-order valence-electron chi connectivity index (χ0n) is 4.96. The van der Waals surface area contributed by atoms with E-state index in [2.05, 4.69) is 0 Å². The average molecular weight is 161 g/mol. The van der Waals surface area contributed by atoms with Crippen LogP contribution in [0.3, 0.4) is 0 Å². The van der Waals surface area contributed by atoms with E-state index in [9.17, 15) is 22.0 Å². The van der Waals surface area contributed by atoms with E-state index in [4.69, 9.17) is 0 Å². The molecule has 0 saturated carbocycles. The van der Waals surface area contributed by atoms with Crippen molar-refractivity contribution in [3.05, 3.63) is 6.67 Å². The molecular weight excluding hydrogens is 155 g/mol. The molecule has 0 aromatic heterocycles. The van der Waals surface area contributed by atoms with Crippen LogP contribution in [-0.4, -0.2) is 18.8 Å². The van der Waals surface area contributed by atoms with Gasteiger partial charge in [0.15, 0.2) is 12.8 Å². The zero-order chi connectivity index (χ0) is 8.20. The molecule has 0 nitrogen and oxygen atoms in total. The molecule has 0 N–H and O–H groups in total. The summed E-state index contributed by atoms with van der Waals surface area (Å²) >= 11 is 0. The first-order valence-corrected chi connectivity index (χ1v) is 2.54. The predicted molar refractivity (Wildman–Crippen MR) is 25.8 cm³/mol. The number of hydrogen-bond donors (Lipinski definition) is 0. The number of halogens is 5. The van der Waals surface area contributed by atoms with Gasteiger partial charge in [0.05, 0.1) is 0 Å². The molecule has 0 bridgehead atoms. The third-order valence-electron chi connectivity index (χ3n) is 0.932.